The van der Waals surface area contributed by atoms with E-state index in [2.05, 4.69) is 25.4 Å². The average molecular weight is 603 g/mol. The predicted octanol–water partition coefficient (Wildman–Crippen LogP) is 5.93. The summed E-state index contributed by atoms with van der Waals surface area (Å²) in [5, 5.41) is 6.46. The number of hydrogen-bond acceptors (Lipinski definition) is 8. The molecule has 0 unspecified atom stereocenters. The van der Waals surface area contributed by atoms with Crippen LogP contribution in [-0.4, -0.2) is 39.1 Å². The molecule has 0 spiro atoms. The molecule has 0 fully saturated rings. The molecule has 1 N–H and O–H groups in total. The zero-order chi connectivity index (χ0) is 30.9. The first kappa shape index (κ1) is 29.8. The van der Waals surface area contributed by atoms with Crippen LogP contribution in [0.25, 0.3) is 10.9 Å². The highest BCUT2D eigenvalue weighted by atomic mass is 32.2. The minimum atomic E-state index is -3.86. The first-order chi connectivity index (χ1) is 20.3. The van der Waals surface area contributed by atoms with Gasteiger partial charge in [-0.15, -0.1) is 0 Å². The molecule has 3 aromatic heterocycles. The van der Waals surface area contributed by atoms with Gasteiger partial charge in [0.1, 0.15) is 16.8 Å². The highest BCUT2D eigenvalue weighted by molar-refractivity contribution is 7.91. The number of sulfone groups is 1. The molecule has 2 aromatic carbocycles. The van der Waals surface area contributed by atoms with Crippen LogP contribution in [0.5, 0.6) is 11.5 Å². The van der Waals surface area contributed by atoms with Crippen LogP contribution >= 0.6 is 0 Å². The number of amides is 1. The predicted molar refractivity (Wildman–Crippen MR) is 160 cm³/mol. The summed E-state index contributed by atoms with van der Waals surface area (Å²) in [7, 11) is -3.86. The van der Waals surface area contributed by atoms with Crippen LogP contribution in [0.1, 0.15) is 49.9 Å². The van der Waals surface area contributed by atoms with Crippen LogP contribution in [0.4, 0.5) is 10.1 Å². The lowest BCUT2D eigenvalue weighted by Crippen LogP contribution is -2.22. The van der Waals surface area contributed by atoms with Crippen LogP contribution in [0.3, 0.4) is 0 Å². The van der Waals surface area contributed by atoms with Crippen molar-refractivity contribution >= 4 is 32.3 Å². The van der Waals surface area contributed by atoms with Crippen molar-refractivity contribution in [1.82, 2.24) is 24.7 Å². The van der Waals surface area contributed by atoms with Gasteiger partial charge >= 0.3 is 0 Å². The largest absolute Gasteiger partial charge is 0.453 e. The van der Waals surface area contributed by atoms with E-state index in [1.54, 1.807) is 48.3 Å². The summed E-state index contributed by atoms with van der Waals surface area (Å²) in [6.07, 6.45) is 7.73. The highest BCUT2D eigenvalue weighted by Gasteiger charge is 2.28. The van der Waals surface area contributed by atoms with Gasteiger partial charge in [0, 0.05) is 30.2 Å². The van der Waals surface area contributed by atoms with Gasteiger partial charge in [0.15, 0.2) is 21.4 Å². The van der Waals surface area contributed by atoms with E-state index in [-0.39, 0.29) is 40.1 Å². The second kappa shape index (κ2) is 11.5. The van der Waals surface area contributed by atoms with Gasteiger partial charge in [-0.25, -0.2) is 22.8 Å². The Morgan fingerprint density at radius 1 is 1.07 bits per heavy atom. The van der Waals surface area contributed by atoms with E-state index in [1.165, 1.54) is 43.7 Å². The fourth-order valence-electron chi connectivity index (χ4n) is 4.52. The zero-order valence-electron chi connectivity index (χ0n) is 24.4. The molecule has 1 amide bonds. The number of nitrogens with one attached hydrogen (secondary N) is 1. The number of nitrogens with zero attached hydrogens (tertiary/aromatic N) is 5. The second-order valence-corrected chi connectivity index (χ2v) is 13.4. The van der Waals surface area contributed by atoms with E-state index >= 15 is 4.39 Å². The third kappa shape index (κ3) is 6.38. The van der Waals surface area contributed by atoms with E-state index in [0.717, 1.165) is 0 Å². The Hall–Kier alpha value is -4.71. The molecule has 0 saturated heterocycles. The lowest BCUT2D eigenvalue weighted by Gasteiger charge is -2.18. The molecule has 5 rings (SSSR count). The fourth-order valence-corrected chi connectivity index (χ4v) is 5.86. The van der Waals surface area contributed by atoms with Crippen LogP contribution < -0.4 is 10.1 Å². The van der Waals surface area contributed by atoms with Crippen LogP contribution in [0.15, 0.2) is 78.3 Å². The molecule has 0 bridgehead atoms. The molecule has 12 heteroatoms. The number of hydrogen-bond donors (Lipinski definition) is 1. The number of pyridine rings is 1. The lowest BCUT2D eigenvalue weighted by molar-refractivity contribution is -0.115. The topological polar surface area (TPSA) is 129 Å². The monoisotopic (exact) mass is 602 g/mol. The second-order valence-electron chi connectivity index (χ2n) is 11.2. The fraction of sp³-hybridized carbons (Fsp3) is 0.258. The Labute approximate surface area is 248 Å². The van der Waals surface area contributed by atoms with Crippen molar-refractivity contribution in [3.8, 4) is 11.5 Å². The van der Waals surface area contributed by atoms with Gasteiger partial charge in [-0.2, -0.15) is 5.10 Å². The van der Waals surface area contributed by atoms with E-state index in [9.17, 15) is 13.2 Å². The van der Waals surface area contributed by atoms with Crippen LogP contribution in [0.2, 0.25) is 0 Å². The molecule has 43 heavy (non-hydrogen) atoms. The van der Waals surface area contributed by atoms with E-state index in [4.69, 9.17) is 4.74 Å². The molecule has 5 aromatic rings. The van der Waals surface area contributed by atoms with Crippen molar-refractivity contribution in [1.29, 1.82) is 0 Å². The molecule has 10 nitrogen and oxygen atoms in total. The SMILES string of the molecule is Cc1cc(CC(=O)Nc2cnn(C(C)(C)C)c2)cc(F)c1Oc1ccnc2ccc(S(=O)(=O)[C@@H](C)c3ncccn3)cc12. The van der Waals surface area contributed by atoms with Gasteiger partial charge in [0.05, 0.1) is 34.3 Å². The Kier molecular flexibility index (Phi) is 7.98. The molecular weight excluding hydrogens is 571 g/mol. The third-order valence-electron chi connectivity index (χ3n) is 6.84. The van der Waals surface area contributed by atoms with E-state index < -0.39 is 20.9 Å². The highest BCUT2D eigenvalue weighted by Crippen LogP contribution is 2.36. The number of aromatic nitrogens is 5. The maximum atomic E-state index is 15.4. The van der Waals surface area contributed by atoms with Gasteiger partial charge in [-0.05, 0) is 82.1 Å². The molecule has 0 aliphatic carbocycles. The van der Waals surface area contributed by atoms with Gasteiger partial charge in [0.25, 0.3) is 0 Å². The molecule has 222 valence electrons. The van der Waals surface area contributed by atoms with Gasteiger partial charge in [0.2, 0.25) is 5.91 Å². The maximum absolute atomic E-state index is 15.4. The first-order valence-electron chi connectivity index (χ1n) is 13.5. The first-order valence-corrected chi connectivity index (χ1v) is 15.1. The number of fused-ring (bicyclic) bond motifs is 1. The minimum Gasteiger partial charge on any atom is -0.453 e. The Morgan fingerprint density at radius 2 is 1.81 bits per heavy atom. The van der Waals surface area contributed by atoms with Gasteiger partial charge in [-0.1, -0.05) is 6.07 Å². The summed E-state index contributed by atoms with van der Waals surface area (Å²) in [5.41, 5.74) is 1.72. The van der Waals surface area contributed by atoms with Crippen LogP contribution in [0, 0.1) is 12.7 Å². The minimum absolute atomic E-state index is 0.0319. The number of anilines is 1. The summed E-state index contributed by atoms with van der Waals surface area (Å²) in [6, 6.07) is 10.6. The number of benzene rings is 2. The Balaban J connectivity index is 1.38. The number of halogens is 1. The maximum Gasteiger partial charge on any atom is 0.228 e. The Bertz CT molecular complexity index is 1900. The number of carbonyl (C=O) groups excluding carboxylic acids is 1. The number of aryl methyl sites for hydroxylation is 1. The summed E-state index contributed by atoms with van der Waals surface area (Å²) in [4.78, 5) is 25.2. The van der Waals surface area contributed by atoms with Crippen molar-refractivity contribution in [3.63, 3.8) is 0 Å². The average Bonchev–Trinajstić information content (AvgIpc) is 3.44. The Morgan fingerprint density at radius 3 is 2.49 bits per heavy atom. The van der Waals surface area contributed by atoms with Crippen molar-refractivity contribution < 1.29 is 22.3 Å². The van der Waals surface area contributed by atoms with Crippen molar-refractivity contribution in [2.24, 2.45) is 0 Å². The molecule has 0 radical (unpaired) electrons. The molecule has 0 aliphatic rings. The summed E-state index contributed by atoms with van der Waals surface area (Å²) in [6.45, 7) is 9.19. The molecule has 1 atom stereocenters. The lowest BCUT2D eigenvalue weighted by atomic mass is 10.1. The van der Waals surface area contributed by atoms with Crippen molar-refractivity contribution in [2.45, 2.75) is 56.7 Å². The third-order valence-corrected chi connectivity index (χ3v) is 8.89. The summed E-state index contributed by atoms with van der Waals surface area (Å²) < 4.78 is 49.9. The standard InChI is InChI=1S/C31H31FN6O4S/c1-19-13-21(15-28(39)37-22-17-36-38(18-22)31(3,4)5)14-25(32)29(19)42-27-9-12-33-26-8-7-23(16-24(26)27)43(40,41)20(2)30-34-10-6-11-35-30/h6-14,16-18,20H,15H2,1-5H3,(H,37,39)/t20-/m0/s1. The smallest absolute Gasteiger partial charge is 0.228 e. The number of rotatable bonds is 8. The summed E-state index contributed by atoms with van der Waals surface area (Å²) >= 11 is 0. The van der Waals surface area contributed by atoms with E-state index in [0.29, 0.717) is 27.7 Å². The van der Waals surface area contributed by atoms with Crippen molar-refractivity contribution in [3.05, 3.63) is 96.2 Å². The quantitative estimate of drug-likeness (QED) is 0.231. The van der Waals surface area contributed by atoms with Gasteiger partial charge < -0.3 is 10.1 Å². The van der Waals surface area contributed by atoms with Gasteiger partial charge in [-0.3, -0.25) is 14.5 Å². The molecular formula is C31H31FN6O4S. The van der Waals surface area contributed by atoms with Crippen molar-refractivity contribution in [2.75, 3.05) is 5.32 Å². The molecule has 0 aliphatic heterocycles. The molecule has 0 saturated carbocycles. The summed E-state index contributed by atoms with van der Waals surface area (Å²) in [5.74, 6) is -0.606. The number of ether oxygens (including phenoxy) is 1. The van der Waals surface area contributed by atoms with Crippen LogP contribution in [-0.2, 0) is 26.6 Å². The zero-order valence-corrected chi connectivity index (χ0v) is 25.2. The normalized spacial score (nSPS) is 12.7. The molecule has 3 heterocycles. The van der Waals surface area contributed by atoms with E-state index in [1.807, 2.05) is 20.8 Å². The number of carbonyl (C=O) groups is 1.